The smallest absolute Gasteiger partial charge is 0.0893 e. The van der Waals surface area contributed by atoms with E-state index in [1.807, 2.05) is 0 Å². The highest BCUT2D eigenvalue weighted by Gasteiger charge is 2.09. The summed E-state index contributed by atoms with van der Waals surface area (Å²) >= 11 is 0. The van der Waals surface area contributed by atoms with Crippen LogP contribution in [0.2, 0.25) is 0 Å². The lowest BCUT2D eigenvalue weighted by Crippen LogP contribution is -2.26. The fraction of sp³-hybridized carbons (Fsp3) is 0.889. The van der Waals surface area contributed by atoms with E-state index in [9.17, 15) is 0 Å². The molecule has 0 aliphatic carbocycles. The summed E-state index contributed by atoms with van der Waals surface area (Å²) in [6.07, 6.45) is 20.0. The highest BCUT2D eigenvalue weighted by Crippen LogP contribution is 2.12. The number of rotatable bonds is 13. The summed E-state index contributed by atoms with van der Waals surface area (Å²) in [5, 5.41) is 0. The molecule has 1 aliphatic rings. The van der Waals surface area contributed by atoms with Gasteiger partial charge in [0, 0.05) is 25.5 Å². The van der Waals surface area contributed by atoms with E-state index >= 15 is 0 Å². The zero-order valence-corrected chi connectivity index (χ0v) is 16.1. The molecule has 1 rings (SSSR count). The number of nitrogens with zero attached hydrogens (tertiary/aromatic N) is 2. The van der Waals surface area contributed by atoms with E-state index in [2.05, 4.69) is 36.0 Å². The van der Waals surface area contributed by atoms with Crippen LogP contribution in [-0.2, 0) is 0 Å². The average Bonchev–Trinajstić information content (AvgIpc) is 2.89. The zero-order valence-electron chi connectivity index (χ0n) is 14.4. The Morgan fingerprint density at radius 2 is 1.10 bits per heavy atom. The summed E-state index contributed by atoms with van der Waals surface area (Å²) in [6.45, 7) is 8.10. The Labute approximate surface area is 143 Å². The van der Waals surface area contributed by atoms with Gasteiger partial charge in [0.1, 0.15) is 0 Å². The van der Waals surface area contributed by atoms with Crippen molar-refractivity contribution in [2.24, 2.45) is 0 Å². The van der Waals surface area contributed by atoms with Gasteiger partial charge >= 0.3 is 0 Å². The van der Waals surface area contributed by atoms with E-state index in [0.29, 0.717) is 0 Å². The molecule has 126 valence electrons. The second kappa shape index (κ2) is 14.7. The van der Waals surface area contributed by atoms with Gasteiger partial charge < -0.3 is 9.80 Å². The maximum atomic E-state index is 2.46. The minimum Gasteiger partial charge on any atom is -0.359 e. The predicted octanol–water partition coefficient (Wildman–Crippen LogP) is 5.94. The van der Waals surface area contributed by atoms with Crippen molar-refractivity contribution in [2.75, 3.05) is 19.8 Å². The Balaban J connectivity index is 0.00000400. The fourth-order valence-electron chi connectivity index (χ4n) is 2.90. The lowest BCUT2D eigenvalue weighted by molar-refractivity contribution is 0.261. The van der Waals surface area contributed by atoms with Gasteiger partial charge in [0.05, 0.1) is 6.67 Å². The molecule has 0 saturated heterocycles. The quantitative estimate of drug-likeness (QED) is 0.375. The molecule has 0 aromatic carbocycles. The number of hydrogen-bond acceptors (Lipinski definition) is 2. The molecule has 0 saturated carbocycles. The molecule has 0 aromatic heterocycles. The second-order valence-corrected chi connectivity index (χ2v) is 6.25. The van der Waals surface area contributed by atoms with E-state index in [1.54, 1.807) is 0 Å². The predicted molar refractivity (Wildman–Crippen MR) is 99.9 cm³/mol. The van der Waals surface area contributed by atoms with Crippen molar-refractivity contribution in [3.05, 3.63) is 12.4 Å². The molecule has 3 heteroatoms. The van der Waals surface area contributed by atoms with Crippen molar-refractivity contribution in [1.82, 2.24) is 9.80 Å². The molecule has 2 nitrogen and oxygen atoms in total. The van der Waals surface area contributed by atoms with Crippen molar-refractivity contribution in [2.45, 2.75) is 84.5 Å². The summed E-state index contributed by atoms with van der Waals surface area (Å²) in [6, 6.07) is 0. The largest absolute Gasteiger partial charge is 0.359 e. The first-order valence-electron chi connectivity index (χ1n) is 9.03. The van der Waals surface area contributed by atoms with E-state index in [-0.39, 0.29) is 17.0 Å². The Bertz CT molecular complexity index is 243. The third-order valence-corrected chi connectivity index (χ3v) is 4.16. The van der Waals surface area contributed by atoms with Gasteiger partial charge in [-0.05, 0) is 12.8 Å². The SMILES string of the molecule is Br.CCCCCCCCCCCCN1C=CN(CCC)C1. The first kappa shape index (κ1) is 20.8. The van der Waals surface area contributed by atoms with Crippen LogP contribution < -0.4 is 0 Å². The van der Waals surface area contributed by atoms with Crippen LogP contribution >= 0.6 is 17.0 Å². The molecule has 0 unspecified atom stereocenters. The molecule has 0 aromatic rings. The van der Waals surface area contributed by atoms with E-state index in [1.165, 1.54) is 83.7 Å². The van der Waals surface area contributed by atoms with Gasteiger partial charge in [-0.25, -0.2) is 0 Å². The molecular formula is C18H37BrN2. The van der Waals surface area contributed by atoms with E-state index in [4.69, 9.17) is 0 Å². The molecule has 0 fully saturated rings. The number of hydrogen-bond donors (Lipinski definition) is 0. The Hall–Kier alpha value is -0.180. The first-order chi connectivity index (χ1) is 9.86. The van der Waals surface area contributed by atoms with Crippen molar-refractivity contribution in [1.29, 1.82) is 0 Å². The van der Waals surface area contributed by atoms with E-state index < -0.39 is 0 Å². The molecule has 0 spiro atoms. The van der Waals surface area contributed by atoms with Crippen LogP contribution in [0.25, 0.3) is 0 Å². The Morgan fingerprint density at radius 3 is 1.62 bits per heavy atom. The van der Waals surface area contributed by atoms with Crippen LogP contribution in [0, 0.1) is 0 Å². The minimum atomic E-state index is 0. The molecule has 1 aliphatic heterocycles. The molecule has 0 radical (unpaired) electrons. The molecule has 0 atom stereocenters. The highest BCUT2D eigenvalue weighted by atomic mass is 79.9. The average molecular weight is 361 g/mol. The first-order valence-corrected chi connectivity index (χ1v) is 9.03. The third-order valence-electron chi connectivity index (χ3n) is 4.16. The van der Waals surface area contributed by atoms with Gasteiger partial charge in [-0.3, -0.25) is 0 Å². The summed E-state index contributed by atoms with van der Waals surface area (Å²) in [5.74, 6) is 0. The van der Waals surface area contributed by atoms with Crippen LogP contribution in [0.4, 0.5) is 0 Å². The second-order valence-electron chi connectivity index (χ2n) is 6.25. The summed E-state index contributed by atoms with van der Waals surface area (Å²) in [5.41, 5.74) is 0. The summed E-state index contributed by atoms with van der Waals surface area (Å²) < 4.78 is 0. The van der Waals surface area contributed by atoms with Crippen LogP contribution in [0.15, 0.2) is 12.4 Å². The summed E-state index contributed by atoms with van der Waals surface area (Å²) in [4.78, 5) is 4.87. The van der Waals surface area contributed by atoms with Gasteiger partial charge in [0.15, 0.2) is 0 Å². The number of unbranched alkanes of at least 4 members (excludes halogenated alkanes) is 9. The fourth-order valence-corrected chi connectivity index (χ4v) is 2.90. The lowest BCUT2D eigenvalue weighted by Gasteiger charge is -2.20. The molecule has 0 bridgehead atoms. The lowest BCUT2D eigenvalue weighted by atomic mass is 10.1. The molecule has 1 heterocycles. The topological polar surface area (TPSA) is 6.48 Å². The minimum absolute atomic E-state index is 0. The van der Waals surface area contributed by atoms with Crippen molar-refractivity contribution in [3.63, 3.8) is 0 Å². The standard InChI is InChI=1S/C18H36N2.BrH/c1-3-5-6-7-8-9-10-11-12-13-15-20-17-16-19(18-20)14-4-2;/h16-17H,3-15,18H2,1-2H3;1H. The van der Waals surface area contributed by atoms with Crippen molar-refractivity contribution in [3.8, 4) is 0 Å². The van der Waals surface area contributed by atoms with Gasteiger partial charge in [-0.1, -0.05) is 71.6 Å². The molecule has 21 heavy (non-hydrogen) atoms. The van der Waals surface area contributed by atoms with Gasteiger partial charge in [-0.15, -0.1) is 17.0 Å². The summed E-state index contributed by atoms with van der Waals surface area (Å²) in [7, 11) is 0. The van der Waals surface area contributed by atoms with Crippen LogP contribution in [-0.4, -0.2) is 29.6 Å². The van der Waals surface area contributed by atoms with E-state index in [0.717, 1.165) is 6.67 Å². The van der Waals surface area contributed by atoms with Crippen LogP contribution in [0.1, 0.15) is 84.5 Å². The van der Waals surface area contributed by atoms with Gasteiger partial charge in [-0.2, -0.15) is 0 Å². The van der Waals surface area contributed by atoms with Gasteiger partial charge in [0.25, 0.3) is 0 Å². The molecular weight excluding hydrogens is 324 g/mol. The van der Waals surface area contributed by atoms with Crippen LogP contribution in [0.3, 0.4) is 0 Å². The highest BCUT2D eigenvalue weighted by molar-refractivity contribution is 8.93. The molecule has 0 N–H and O–H groups in total. The maximum Gasteiger partial charge on any atom is 0.0893 e. The van der Waals surface area contributed by atoms with Crippen molar-refractivity contribution < 1.29 is 0 Å². The monoisotopic (exact) mass is 360 g/mol. The third kappa shape index (κ3) is 11.1. The van der Waals surface area contributed by atoms with Crippen LogP contribution in [0.5, 0.6) is 0 Å². The number of halogens is 1. The maximum absolute atomic E-state index is 2.46. The Morgan fingerprint density at radius 1 is 0.619 bits per heavy atom. The van der Waals surface area contributed by atoms with Crippen molar-refractivity contribution >= 4 is 17.0 Å². The van der Waals surface area contributed by atoms with Gasteiger partial charge in [0.2, 0.25) is 0 Å². The molecule has 0 amide bonds. The normalized spacial score (nSPS) is 13.8. The zero-order chi connectivity index (χ0) is 14.5. The Kier molecular flexibility index (Phi) is 14.6.